The molecule has 1 heterocycles. The second-order valence-electron chi connectivity index (χ2n) is 6.15. The Balaban J connectivity index is 1.57. The Morgan fingerprint density at radius 2 is 2.04 bits per heavy atom. The van der Waals surface area contributed by atoms with Gasteiger partial charge in [-0.2, -0.15) is 0 Å². The van der Waals surface area contributed by atoms with Crippen LogP contribution in [0.5, 0.6) is 5.75 Å². The van der Waals surface area contributed by atoms with Crippen molar-refractivity contribution in [3.05, 3.63) is 58.6 Å². The maximum absolute atomic E-state index is 12.3. The van der Waals surface area contributed by atoms with Crippen LogP contribution in [0.3, 0.4) is 0 Å². The summed E-state index contributed by atoms with van der Waals surface area (Å²) in [6, 6.07) is 13.7. The van der Waals surface area contributed by atoms with E-state index >= 15 is 0 Å². The molecule has 1 amide bonds. The van der Waals surface area contributed by atoms with Gasteiger partial charge in [0.05, 0.1) is 18.2 Å². The largest absolute Gasteiger partial charge is 0.489 e. The van der Waals surface area contributed by atoms with Gasteiger partial charge in [0.15, 0.2) is 0 Å². The standard InChI is InChI=1S/C19H21ClN2O2/c1-13-3-5-14(6-4-13)11-21-19(23)10-16-12-24-18-8-7-15(20)9-17(18)22(16)2/h3-9,16H,10-12H2,1-2H3,(H,21,23). The van der Waals surface area contributed by atoms with Crippen LogP contribution in [-0.4, -0.2) is 25.6 Å². The van der Waals surface area contributed by atoms with E-state index in [1.807, 2.05) is 56.4 Å². The van der Waals surface area contributed by atoms with Crippen LogP contribution in [0.1, 0.15) is 17.5 Å². The molecule has 0 bridgehead atoms. The fourth-order valence-electron chi connectivity index (χ4n) is 2.77. The van der Waals surface area contributed by atoms with Gasteiger partial charge >= 0.3 is 0 Å². The highest BCUT2D eigenvalue weighted by Gasteiger charge is 2.26. The van der Waals surface area contributed by atoms with Crippen LogP contribution in [-0.2, 0) is 11.3 Å². The maximum Gasteiger partial charge on any atom is 0.222 e. The van der Waals surface area contributed by atoms with Crippen LogP contribution in [0, 0.1) is 6.92 Å². The Morgan fingerprint density at radius 1 is 1.29 bits per heavy atom. The van der Waals surface area contributed by atoms with Gasteiger partial charge in [0.1, 0.15) is 12.4 Å². The summed E-state index contributed by atoms with van der Waals surface area (Å²) < 4.78 is 5.76. The number of ether oxygens (including phenoxy) is 1. The van der Waals surface area contributed by atoms with E-state index in [4.69, 9.17) is 16.3 Å². The number of carbonyl (C=O) groups is 1. The molecule has 0 saturated carbocycles. The number of hydrogen-bond acceptors (Lipinski definition) is 3. The highest BCUT2D eigenvalue weighted by Crippen LogP contribution is 2.35. The van der Waals surface area contributed by atoms with Gasteiger partial charge in [-0.15, -0.1) is 0 Å². The van der Waals surface area contributed by atoms with Crippen molar-refractivity contribution >= 4 is 23.2 Å². The lowest BCUT2D eigenvalue weighted by atomic mass is 10.1. The number of fused-ring (bicyclic) bond motifs is 1. The number of anilines is 1. The van der Waals surface area contributed by atoms with Crippen LogP contribution in [0.25, 0.3) is 0 Å². The van der Waals surface area contributed by atoms with Crippen molar-refractivity contribution in [2.45, 2.75) is 25.9 Å². The van der Waals surface area contributed by atoms with Crippen molar-refractivity contribution in [3.8, 4) is 5.75 Å². The zero-order valence-electron chi connectivity index (χ0n) is 13.9. The Labute approximate surface area is 147 Å². The molecule has 1 atom stereocenters. The van der Waals surface area contributed by atoms with E-state index in [9.17, 15) is 4.79 Å². The van der Waals surface area contributed by atoms with E-state index in [2.05, 4.69) is 10.2 Å². The first kappa shape index (κ1) is 16.7. The van der Waals surface area contributed by atoms with Gasteiger partial charge in [0, 0.05) is 18.6 Å². The van der Waals surface area contributed by atoms with Crippen molar-refractivity contribution in [2.75, 3.05) is 18.6 Å². The number of hydrogen-bond donors (Lipinski definition) is 1. The monoisotopic (exact) mass is 344 g/mol. The minimum absolute atomic E-state index is 0.00557. The first-order valence-corrected chi connectivity index (χ1v) is 8.38. The van der Waals surface area contributed by atoms with Crippen molar-refractivity contribution < 1.29 is 9.53 Å². The van der Waals surface area contributed by atoms with Crippen molar-refractivity contribution in [1.82, 2.24) is 5.32 Å². The predicted octanol–water partition coefficient (Wildman–Crippen LogP) is 3.55. The van der Waals surface area contributed by atoms with E-state index in [-0.39, 0.29) is 11.9 Å². The normalized spacial score (nSPS) is 16.3. The molecule has 4 nitrogen and oxygen atoms in total. The molecular formula is C19H21ClN2O2. The summed E-state index contributed by atoms with van der Waals surface area (Å²) in [5.41, 5.74) is 3.23. The van der Waals surface area contributed by atoms with E-state index in [1.165, 1.54) is 5.56 Å². The quantitative estimate of drug-likeness (QED) is 0.922. The second kappa shape index (κ2) is 7.14. The smallest absolute Gasteiger partial charge is 0.222 e. The molecule has 2 aromatic rings. The molecular weight excluding hydrogens is 324 g/mol. The molecule has 1 N–H and O–H groups in total. The van der Waals surface area contributed by atoms with Crippen LogP contribution < -0.4 is 15.0 Å². The maximum atomic E-state index is 12.3. The molecule has 126 valence electrons. The molecule has 0 saturated heterocycles. The zero-order valence-corrected chi connectivity index (χ0v) is 14.6. The van der Waals surface area contributed by atoms with Gasteiger partial charge < -0.3 is 15.0 Å². The number of nitrogens with one attached hydrogen (secondary N) is 1. The fourth-order valence-corrected chi connectivity index (χ4v) is 2.94. The van der Waals surface area contributed by atoms with Gasteiger partial charge in [-0.3, -0.25) is 4.79 Å². The lowest BCUT2D eigenvalue weighted by molar-refractivity contribution is -0.121. The van der Waals surface area contributed by atoms with Crippen LogP contribution in [0.2, 0.25) is 5.02 Å². The second-order valence-corrected chi connectivity index (χ2v) is 6.59. The minimum Gasteiger partial charge on any atom is -0.489 e. The lowest BCUT2D eigenvalue weighted by Crippen LogP contribution is -2.43. The predicted molar refractivity (Wildman–Crippen MR) is 96.8 cm³/mol. The highest BCUT2D eigenvalue weighted by atomic mass is 35.5. The number of aryl methyl sites for hydroxylation is 1. The molecule has 1 aliphatic heterocycles. The number of rotatable bonds is 4. The Bertz CT molecular complexity index is 731. The molecule has 0 aliphatic carbocycles. The van der Waals surface area contributed by atoms with Crippen molar-refractivity contribution in [2.24, 2.45) is 0 Å². The van der Waals surface area contributed by atoms with E-state index < -0.39 is 0 Å². The van der Waals surface area contributed by atoms with Crippen molar-refractivity contribution in [3.63, 3.8) is 0 Å². The summed E-state index contributed by atoms with van der Waals surface area (Å²) in [7, 11) is 1.97. The number of carbonyl (C=O) groups excluding carboxylic acids is 1. The molecule has 3 rings (SSSR count). The SMILES string of the molecule is Cc1ccc(CNC(=O)CC2COc3ccc(Cl)cc3N2C)cc1. The first-order chi connectivity index (χ1) is 11.5. The summed E-state index contributed by atoms with van der Waals surface area (Å²) in [6.07, 6.45) is 0.383. The molecule has 24 heavy (non-hydrogen) atoms. The summed E-state index contributed by atoms with van der Waals surface area (Å²) >= 11 is 6.06. The van der Waals surface area contributed by atoms with Gasteiger partial charge in [-0.1, -0.05) is 41.4 Å². The third-order valence-electron chi connectivity index (χ3n) is 4.31. The van der Waals surface area contributed by atoms with Gasteiger partial charge in [0.25, 0.3) is 0 Å². The van der Waals surface area contributed by atoms with Crippen LogP contribution in [0.15, 0.2) is 42.5 Å². The molecule has 2 aromatic carbocycles. The summed E-state index contributed by atoms with van der Waals surface area (Å²) in [4.78, 5) is 14.3. The topological polar surface area (TPSA) is 41.6 Å². The molecule has 5 heteroatoms. The fraction of sp³-hybridized carbons (Fsp3) is 0.316. The Hall–Kier alpha value is -2.20. The number of amides is 1. The summed E-state index contributed by atoms with van der Waals surface area (Å²) in [5.74, 6) is 0.819. The van der Waals surface area contributed by atoms with E-state index in [1.54, 1.807) is 0 Å². The Kier molecular flexibility index (Phi) is 4.95. The third-order valence-corrected chi connectivity index (χ3v) is 4.55. The van der Waals surface area contributed by atoms with E-state index in [0.29, 0.717) is 24.6 Å². The van der Waals surface area contributed by atoms with Gasteiger partial charge in [-0.25, -0.2) is 0 Å². The molecule has 0 aromatic heterocycles. The van der Waals surface area contributed by atoms with E-state index in [0.717, 1.165) is 17.0 Å². The average molecular weight is 345 g/mol. The molecule has 0 spiro atoms. The lowest BCUT2D eigenvalue weighted by Gasteiger charge is -2.35. The molecule has 1 aliphatic rings. The minimum atomic E-state index is -0.00557. The molecule has 0 fully saturated rings. The number of nitrogens with zero attached hydrogens (tertiary/aromatic N) is 1. The van der Waals surface area contributed by atoms with Crippen molar-refractivity contribution in [1.29, 1.82) is 0 Å². The molecule has 1 unspecified atom stereocenters. The van der Waals surface area contributed by atoms with Crippen LogP contribution >= 0.6 is 11.6 Å². The van der Waals surface area contributed by atoms with Crippen LogP contribution in [0.4, 0.5) is 5.69 Å². The average Bonchev–Trinajstić information content (AvgIpc) is 2.57. The summed E-state index contributed by atoms with van der Waals surface area (Å²) in [6.45, 7) is 3.08. The number of halogens is 1. The number of benzene rings is 2. The summed E-state index contributed by atoms with van der Waals surface area (Å²) in [5, 5.41) is 3.64. The van der Waals surface area contributed by atoms with Gasteiger partial charge in [-0.05, 0) is 30.7 Å². The van der Waals surface area contributed by atoms with Gasteiger partial charge in [0.2, 0.25) is 5.91 Å². The zero-order chi connectivity index (χ0) is 17.1. The Morgan fingerprint density at radius 3 is 2.79 bits per heavy atom. The highest BCUT2D eigenvalue weighted by molar-refractivity contribution is 6.31. The molecule has 0 radical (unpaired) electrons. The third kappa shape index (κ3) is 3.82. The first-order valence-electron chi connectivity index (χ1n) is 8.00. The number of likely N-dealkylation sites (N-methyl/N-ethyl adjacent to an activating group) is 1.